The van der Waals surface area contributed by atoms with Crippen molar-refractivity contribution in [2.24, 2.45) is 0 Å². The van der Waals surface area contributed by atoms with Crippen LogP contribution in [0.15, 0.2) is 16.7 Å². The molecule has 0 aromatic carbocycles. The Kier molecular flexibility index (Phi) is 4.44. The Labute approximate surface area is 80.1 Å². The molecule has 1 aromatic rings. The number of unbranched alkanes of at least 4 members (excludes halogenated alkanes) is 4. The van der Waals surface area contributed by atoms with Crippen LogP contribution >= 0.6 is 0 Å². The lowest BCUT2D eigenvalue weighted by molar-refractivity contribution is 0.567. The maximum Gasteiger partial charge on any atom is 0.241 e. The number of rotatable bonds is 6. The van der Waals surface area contributed by atoms with Gasteiger partial charge in [0, 0.05) is 5.56 Å². The maximum atomic E-state index is 9.19. The van der Waals surface area contributed by atoms with Crippen molar-refractivity contribution in [3.63, 3.8) is 0 Å². The molecule has 0 atom stereocenters. The minimum Gasteiger partial charge on any atom is -0.445 e. The molecule has 1 heterocycles. The Morgan fingerprint density at radius 3 is 2.62 bits per heavy atom. The molecule has 2 heteroatoms. The second-order valence-corrected chi connectivity index (χ2v) is 3.42. The van der Waals surface area contributed by atoms with E-state index in [9.17, 15) is 5.73 Å². The molecule has 0 saturated heterocycles. The first-order chi connectivity index (χ1) is 6.34. The summed E-state index contributed by atoms with van der Waals surface area (Å²) in [5.74, 6) is 0.0930. The molecular formula is C11H17NO. The Morgan fingerprint density at radius 2 is 2.00 bits per heavy atom. The van der Waals surface area contributed by atoms with Crippen molar-refractivity contribution in [2.45, 2.75) is 45.4 Å². The Balaban J connectivity index is 2.10. The predicted octanol–water partition coefficient (Wildman–Crippen LogP) is 3.49. The molecule has 0 bridgehead atoms. The van der Waals surface area contributed by atoms with Crippen molar-refractivity contribution < 1.29 is 4.42 Å². The summed E-state index contributed by atoms with van der Waals surface area (Å²) in [6.07, 6.45) is 8.76. The van der Waals surface area contributed by atoms with Crippen LogP contribution in [-0.2, 0) is 6.42 Å². The third-order valence-electron chi connectivity index (χ3n) is 2.27. The van der Waals surface area contributed by atoms with E-state index in [0.717, 1.165) is 18.4 Å². The molecule has 0 fully saturated rings. The molecule has 72 valence electrons. The second kappa shape index (κ2) is 5.68. The summed E-state index contributed by atoms with van der Waals surface area (Å²) in [4.78, 5) is 0. The average molecular weight is 179 g/mol. The number of hydrogen-bond acceptors (Lipinski definition) is 1. The number of aryl methyl sites for hydroxylation is 1. The van der Waals surface area contributed by atoms with E-state index in [1.165, 1.54) is 31.9 Å². The first-order valence-electron chi connectivity index (χ1n) is 5.10. The highest BCUT2D eigenvalue weighted by atomic mass is 16.3. The van der Waals surface area contributed by atoms with Crippen LogP contribution in [0.2, 0.25) is 0 Å². The molecule has 1 aromatic heterocycles. The van der Waals surface area contributed by atoms with Gasteiger partial charge in [-0.3, -0.25) is 0 Å². The van der Waals surface area contributed by atoms with Crippen molar-refractivity contribution in [1.29, 1.82) is 0 Å². The summed E-state index contributed by atoms with van der Waals surface area (Å²) in [6.45, 7) is 2.21. The fraction of sp³-hybridized carbons (Fsp3) is 0.636. The zero-order chi connectivity index (χ0) is 9.52. The van der Waals surface area contributed by atoms with Crippen LogP contribution in [-0.4, -0.2) is 0 Å². The van der Waals surface area contributed by atoms with Crippen LogP contribution in [0.25, 0.3) is 0 Å². The lowest BCUT2D eigenvalue weighted by atomic mass is 10.1. The maximum absolute atomic E-state index is 9.19. The molecule has 0 aliphatic carbocycles. The van der Waals surface area contributed by atoms with Gasteiger partial charge in [-0.1, -0.05) is 32.6 Å². The van der Waals surface area contributed by atoms with E-state index in [1.807, 2.05) is 6.07 Å². The highest BCUT2D eigenvalue weighted by molar-refractivity contribution is 5.31. The van der Waals surface area contributed by atoms with Crippen LogP contribution in [0.4, 0.5) is 5.88 Å². The molecule has 2 nitrogen and oxygen atoms in total. The van der Waals surface area contributed by atoms with Gasteiger partial charge in [-0.2, -0.15) is 0 Å². The molecular weight excluding hydrogens is 162 g/mol. The minimum absolute atomic E-state index is 0.0930. The summed E-state index contributed by atoms with van der Waals surface area (Å²) < 4.78 is 4.80. The lowest BCUT2D eigenvalue weighted by Crippen LogP contribution is -1.84. The van der Waals surface area contributed by atoms with Gasteiger partial charge in [-0.05, 0) is 18.9 Å². The minimum atomic E-state index is 0.0930. The molecule has 1 rings (SSSR count). The molecule has 0 saturated carbocycles. The number of furan rings is 1. The third-order valence-corrected chi connectivity index (χ3v) is 2.27. The third kappa shape index (κ3) is 3.53. The highest BCUT2D eigenvalue weighted by Crippen LogP contribution is 2.17. The molecule has 2 radical (unpaired) electrons. The monoisotopic (exact) mass is 179 g/mol. The van der Waals surface area contributed by atoms with Gasteiger partial charge in [0.2, 0.25) is 5.88 Å². The van der Waals surface area contributed by atoms with E-state index in [2.05, 4.69) is 6.92 Å². The lowest BCUT2D eigenvalue weighted by Gasteiger charge is -1.98. The smallest absolute Gasteiger partial charge is 0.241 e. The fourth-order valence-corrected chi connectivity index (χ4v) is 1.44. The average Bonchev–Trinajstić information content (AvgIpc) is 2.52. The first-order valence-corrected chi connectivity index (χ1v) is 5.10. The first kappa shape index (κ1) is 10.2. The van der Waals surface area contributed by atoms with E-state index < -0.39 is 0 Å². The Bertz CT molecular complexity index is 230. The van der Waals surface area contributed by atoms with Crippen LogP contribution in [0.1, 0.15) is 44.6 Å². The molecule has 0 aliphatic heterocycles. The van der Waals surface area contributed by atoms with Crippen molar-refractivity contribution >= 4 is 5.88 Å². The standard InChI is InChI=1S/C11H17NO/c1-2-3-4-5-6-7-10-8-9-13-11(10)12/h8-9H,2-7H2,1H3. The van der Waals surface area contributed by atoms with E-state index in [1.54, 1.807) is 0 Å². The normalized spacial score (nSPS) is 10.5. The summed E-state index contributed by atoms with van der Waals surface area (Å²) in [5, 5.41) is 0. The molecule has 0 aliphatic rings. The Morgan fingerprint density at radius 1 is 1.23 bits per heavy atom. The van der Waals surface area contributed by atoms with Gasteiger partial charge in [0.1, 0.15) is 0 Å². The topological polar surface area (TPSA) is 35.4 Å². The largest absolute Gasteiger partial charge is 0.445 e. The van der Waals surface area contributed by atoms with Gasteiger partial charge in [0.15, 0.2) is 0 Å². The van der Waals surface area contributed by atoms with Gasteiger partial charge >= 0.3 is 0 Å². The zero-order valence-corrected chi connectivity index (χ0v) is 8.25. The van der Waals surface area contributed by atoms with Crippen molar-refractivity contribution in [3.8, 4) is 0 Å². The molecule has 0 amide bonds. The molecule has 0 N–H and O–H groups in total. The quantitative estimate of drug-likeness (QED) is 0.615. The van der Waals surface area contributed by atoms with Gasteiger partial charge in [0.25, 0.3) is 0 Å². The summed E-state index contributed by atoms with van der Waals surface area (Å²) >= 11 is 0. The van der Waals surface area contributed by atoms with Crippen molar-refractivity contribution in [3.05, 3.63) is 17.9 Å². The van der Waals surface area contributed by atoms with Crippen molar-refractivity contribution in [2.75, 3.05) is 0 Å². The predicted molar refractivity (Wildman–Crippen MR) is 53.0 cm³/mol. The molecule has 13 heavy (non-hydrogen) atoms. The second-order valence-electron chi connectivity index (χ2n) is 3.42. The molecule has 0 unspecified atom stereocenters. The van der Waals surface area contributed by atoms with Gasteiger partial charge in [0.05, 0.1) is 6.26 Å². The Hall–Kier alpha value is -0.920. The SMILES string of the molecule is CCCCCCCc1ccoc1[N]. The number of hydrogen-bond donors (Lipinski definition) is 0. The van der Waals surface area contributed by atoms with Gasteiger partial charge in [-0.15, -0.1) is 5.73 Å². The van der Waals surface area contributed by atoms with E-state index in [-0.39, 0.29) is 5.88 Å². The van der Waals surface area contributed by atoms with E-state index in [4.69, 9.17) is 4.42 Å². The van der Waals surface area contributed by atoms with Gasteiger partial charge < -0.3 is 4.42 Å². The summed E-state index contributed by atoms with van der Waals surface area (Å²) in [7, 11) is 0. The van der Waals surface area contributed by atoms with Crippen LogP contribution < -0.4 is 5.73 Å². The zero-order valence-electron chi connectivity index (χ0n) is 8.25. The van der Waals surface area contributed by atoms with Crippen molar-refractivity contribution in [1.82, 2.24) is 5.73 Å². The van der Waals surface area contributed by atoms with Crippen LogP contribution in [0.5, 0.6) is 0 Å². The van der Waals surface area contributed by atoms with E-state index in [0.29, 0.717) is 0 Å². The highest BCUT2D eigenvalue weighted by Gasteiger charge is 2.02. The van der Waals surface area contributed by atoms with Crippen LogP contribution in [0.3, 0.4) is 0 Å². The van der Waals surface area contributed by atoms with Gasteiger partial charge in [-0.25, -0.2) is 0 Å². The fourth-order valence-electron chi connectivity index (χ4n) is 1.44. The molecule has 0 spiro atoms. The summed E-state index contributed by atoms with van der Waals surface area (Å²) in [6, 6.07) is 1.84. The van der Waals surface area contributed by atoms with Crippen LogP contribution in [0, 0.1) is 0 Å². The van der Waals surface area contributed by atoms with E-state index >= 15 is 0 Å². The number of nitrogens with zero attached hydrogens (tertiary/aromatic N) is 1. The summed E-state index contributed by atoms with van der Waals surface area (Å²) in [5.41, 5.74) is 10.1.